The van der Waals surface area contributed by atoms with Crippen LogP contribution in [0.3, 0.4) is 0 Å². The third kappa shape index (κ3) is 3.41. The highest BCUT2D eigenvalue weighted by Crippen LogP contribution is 2.30. The molecule has 1 amide bonds. The van der Waals surface area contributed by atoms with Gasteiger partial charge in [0, 0.05) is 29.5 Å². The van der Waals surface area contributed by atoms with Gasteiger partial charge in [-0.1, -0.05) is 11.6 Å². The van der Waals surface area contributed by atoms with Crippen LogP contribution in [0.4, 0.5) is 0 Å². The summed E-state index contributed by atoms with van der Waals surface area (Å²) in [5.41, 5.74) is 2.81. The van der Waals surface area contributed by atoms with Crippen molar-refractivity contribution in [3.8, 4) is 5.75 Å². The van der Waals surface area contributed by atoms with Gasteiger partial charge in [-0.25, -0.2) is 5.48 Å². The van der Waals surface area contributed by atoms with Gasteiger partial charge in [-0.2, -0.15) is 0 Å². The Morgan fingerprint density at radius 1 is 1.36 bits per heavy atom. The highest BCUT2D eigenvalue weighted by Gasteiger charge is 2.23. The predicted molar refractivity (Wildman–Crippen MR) is 84.6 cm³/mol. The van der Waals surface area contributed by atoms with Gasteiger partial charge in [0.05, 0.1) is 4.88 Å². The maximum Gasteiger partial charge on any atom is 0.284 e. The van der Waals surface area contributed by atoms with Crippen LogP contribution in [0.5, 0.6) is 5.75 Å². The second-order valence-corrected chi connectivity index (χ2v) is 6.59. The SMILES string of the molecule is O=C(NO)c1cc2c(s1)CN(CCOc1ccc(Cl)cc1)C2. The zero-order chi connectivity index (χ0) is 15.5. The number of ether oxygens (including phenoxy) is 1. The Hall–Kier alpha value is -1.60. The van der Waals surface area contributed by atoms with Gasteiger partial charge in [-0.05, 0) is 35.9 Å². The van der Waals surface area contributed by atoms with E-state index in [4.69, 9.17) is 21.5 Å². The number of halogens is 1. The first-order valence-electron chi connectivity index (χ1n) is 6.82. The molecule has 1 aromatic carbocycles. The molecular formula is C15H15ClN2O3S. The molecule has 116 valence electrons. The molecule has 7 heteroatoms. The maximum absolute atomic E-state index is 11.4. The molecule has 22 heavy (non-hydrogen) atoms. The highest BCUT2D eigenvalue weighted by atomic mass is 35.5. The number of hydrogen-bond acceptors (Lipinski definition) is 5. The van der Waals surface area contributed by atoms with Gasteiger partial charge < -0.3 is 4.74 Å². The van der Waals surface area contributed by atoms with Gasteiger partial charge in [0.15, 0.2) is 0 Å². The fourth-order valence-electron chi connectivity index (χ4n) is 2.38. The second-order valence-electron chi connectivity index (χ2n) is 5.01. The Morgan fingerprint density at radius 2 is 2.14 bits per heavy atom. The average molecular weight is 339 g/mol. The van der Waals surface area contributed by atoms with Gasteiger partial charge in [0.25, 0.3) is 5.91 Å². The summed E-state index contributed by atoms with van der Waals surface area (Å²) < 4.78 is 5.68. The van der Waals surface area contributed by atoms with Crippen molar-refractivity contribution in [2.24, 2.45) is 0 Å². The minimum atomic E-state index is -0.447. The van der Waals surface area contributed by atoms with E-state index in [1.165, 1.54) is 16.2 Å². The predicted octanol–water partition coefficient (Wildman–Crippen LogP) is 2.92. The molecule has 0 unspecified atom stereocenters. The van der Waals surface area contributed by atoms with Crippen LogP contribution in [0.2, 0.25) is 5.02 Å². The van der Waals surface area contributed by atoms with E-state index in [1.54, 1.807) is 17.6 Å². The van der Waals surface area contributed by atoms with E-state index in [0.29, 0.717) is 16.5 Å². The number of fused-ring (bicyclic) bond motifs is 1. The van der Waals surface area contributed by atoms with Crippen LogP contribution in [-0.4, -0.2) is 29.2 Å². The minimum Gasteiger partial charge on any atom is -0.492 e. The Morgan fingerprint density at radius 3 is 2.82 bits per heavy atom. The van der Waals surface area contributed by atoms with Crippen molar-refractivity contribution in [1.29, 1.82) is 0 Å². The summed E-state index contributed by atoms with van der Waals surface area (Å²) >= 11 is 7.25. The Kier molecular flexibility index (Phi) is 4.63. The monoisotopic (exact) mass is 338 g/mol. The summed E-state index contributed by atoms with van der Waals surface area (Å²) in [5, 5.41) is 9.34. The van der Waals surface area contributed by atoms with E-state index in [9.17, 15) is 4.79 Å². The number of hydroxylamine groups is 1. The van der Waals surface area contributed by atoms with Crippen LogP contribution in [0.1, 0.15) is 20.1 Å². The molecule has 0 bridgehead atoms. The molecule has 0 saturated heterocycles. The van der Waals surface area contributed by atoms with E-state index in [1.807, 2.05) is 18.2 Å². The lowest BCUT2D eigenvalue weighted by Gasteiger charge is -2.15. The lowest BCUT2D eigenvalue weighted by molar-refractivity contribution is 0.0711. The molecule has 2 aromatic rings. The van der Waals surface area contributed by atoms with Gasteiger partial charge in [-0.15, -0.1) is 11.3 Å². The molecule has 3 rings (SSSR count). The third-order valence-corrected chi connectivity index (χ3v) is 4.89. The van der Waals surface area contributed by atoms with Crippen molar-refractivity contribution in [1.82, 2.24) is 10.4 Å². The molecule has 2 N–H and O–H groups in total. The fourth-order valence-corrected chi connectivity index (χ4v) is 3.62. The van der Waals surface area contributed by atoms with Crippen LogP contribution < -0.4 is 10.2 Å². The molecule has 0 aliphatic carbocycles. The smallest absolute Gasteiger partial charge is 0.284 e. The molecule has 0 radical (unpaired) electrons. The number of amides is 1. The van der Waals surface area contributed by atoms with Gasteiger partial charge in [0.2, 0.25) is 0 Å². The molecular weight excluding hydrogens is 324 g/mol. The largest absolute Gasteiger partial charge is 0.492 e. The van der Waals surface area contributed by atoms with E-state index < -0.39 is 5.91 Å². The molecule has 1 aliphatic rings. The second kappa shape index (κ2) is 6.66. The first-order chi connectivity index (χ1) is 10.7. The molecule has 0 saturated carbocycles. The lowest BCUT2D eigenvalue weighted by atomic mass is 10.3. The molecule has 1 aliphatic heterocycles. The van der Waals surface area contributed by atoms with E-state index in [0.717, 1.165) is 30.9 Å². The van der Waals surface area contributed by atoms with Crippen LogP contribution >= 0.6 is 22.9 Å². The molecule has 2 heterocycles. The minimum absolute atomic E-state index is 0.447. The molecule has 0 atom stereocenters. The zero-order valence-corrected chi connectivity index (χ0v) is 13.3. The number of nitrogens with one attached hydrogen (secondary N) is 1. The van der Waals surface area contributed by atoms with Crippen molar-refractivity contribution in [2.45, 2.75) is 13.1 Å². The average Bonchev–Trinajstić information content (AvgIpc) is 3.07. The van der Waals surface area contributed by atoms with E-state index >= 15 is 0 Å². The maximum atomic E-state index is 11.4. The number of carbonyl (C=O) groups is 1. The summed E-state index contributed by atoms with van der Waals surface area (Å²) in [4.78, 5) is 15.3. The molecule has 0 spiro atoms. The summed E-state index contributed by atoms with van der Waals surface area (Å²) in [5.74, 6) is 0.359. The van der Waals surface area contributed by atoms with Crippen molar-refractivity contribution < 1.29 is 14.7 Å². The number of rotatable bonds is 5. The van der Waals surface area contributed by atoms with Gasteiger partial charge in [-0.3, -0.25) is 14.9 Å². The van der Waals surface area contributed by atoms with Crippen LogP contribution in [0.25, 0.3) is 0 Å². The van der Waals surface area contributed by atoms with Crippen molar-refractivity contribution in [3.05, 3.63) is 50.7 Å². The first kappa shape index (κ1) is 15.3. The standard InChI is InChI=1S/C15H15ClN2O3S/c16-11-1-3-12(4-2-11)21-6-5-18-8-10-7-13(15(19)17-20)22-14(10)9-18/h1-4,7,20H,5-6,8-9H2,(H,17,19). The number of carbonyl (C=O) groups excluding carboxylic acids is 1. The van der Waals surface area contributed by atoms with Gasteiger partial charge in [0.1, 0.15) is 12.4 Å². The summed E-state index contributed by atoms with van der Waals surface area (Å²) in [7, 11) is 0. The van der Waals surface area contributed by atoms with Crippen molar-refractivity contribution >= 4 is 28.8 Å². The van der Waals surface area contributed by atoms with Crippen LogP contribution in [-0.2, 0) is 13.1 Å². The molecule has 1 aromatic heterocycles. The van der Waals surface area contributed by atoms with Gasteiger partial charge >= 0.3 is 0 Å². The Labute approximate surface area is 137 Å². The van der Waals surface area contributed by atoms with Crippen molar-refractivity contribution in [3.63, 3.8) is 0 Å². The third-order valence-electron chi connectivity index (χ3n) is 3.47. The Bertz CT molecular complexity index is 648. The summed E-state index contributed by atoms with van der Waals surface area (Å²) in [6.07, 6.45) is 0. The Balaban J connectivity index is 1.48. The highest BCUT2D eigenvalue weighted by molar-refractivity contribution is 7.14. The number of nitrogens with zero attached hydrogens (tertiary/aromatic N) is 1. The van der Waals surface area contributed by atoms with E-state index in [-0.39, 0.29) is 0 Å². The van der Waals surface area contributed by atoms with Crippen LogP contribution in [0, 0.1) is 0 Å². The molecule has 0 fully saturated rings. The fraction of sp³-hybridized carbons (Fsp3) is 0.267. The normalized spacial score (nSPS) is 13.9. The lowest BCUT2D eigenvalue weighted by Crippen LogP contribution is -2.23. The molecule has 5 nitrogen and oxygen atoms in total. The topological polar surface area (TPSA) is 61.8 Å². The quantitative estimate of drug-likeness (QED) is 0.650. The van der Waals surface area contributed by atoms with Crippen LogP contribution in [0.15, 0.2) is 30.3 Å². The van der Waals surface area contributed by atoms with Crippen molar-refractivity contribution in [2.75, 3.05) is 13.2 Å². The summed E-state index contributed by atoms with van der Waals surface area (Å²) in [6.45, 7) is 3.02. The number of thiophene rings is 1. The number of hydrogen-bond donors (Lipinski definition) is 2. The summed E-state index contributed by atoms with van der Waals surface area (Å²) in [6, 6.07) is 9.15. The zero-order valence-electron chi connectivity index (χ0n) is 11.7. The van der Waals surface area contributed by atoms with E-state index in [2.05, 4.69) is 4.90 Å². The number of benzene rings is 1. The first-order valence-corrected chi connectivity index (χ1v) is 8.02.